The Balaban J connectivity index is 1.68. The van der Waals surface area contributed by atoms with Crippen LogP contribution in [0.1, 0.15) is 48.4 Å². The predicted octanol–water partition coefficient (Wildman–Crippen LogP) is 3.33. The van der Waals surface area contributed by atoms with E-state index in [1.807, 2.05) is 11.3 Å². The van der Waals surface area contributed by atoms with E-state index in [9.17, 15) is 0 Å². The first-order valence-electron chi connectivity index (χ1n) is 7.29. The van der Waals surface area contributed by atoms with E-state index in [-0.39, 0.29) is 0 Å². The van der Waals surface area contributed by atoms with Crippen LogP contribution in [0, 0.1) is 6.92 Å². The molecule has 1 saturated heterocycles. The van der Waals surface area contributed by atoms with Gasteiger partial charge in [-0.3, -0.25) is 4.90 Å². The van der Waals surface area contributed by atoms with Crippen LogP contribution < -0.4 is 5.32 Å². The van der Waals surface area contributed by atoms with E-state index in [2.05, 4.69) is 36.2 Å². The fourth-order valence-electron chi connectivity index (χ4n) is 3.04. The molecule has 1 aliphatic carbocycles. The Morgan fingerprint density at radius 1 is 1.39 bits per heavy atom. The molecule has 1 aromatic heterocycles. The van der Waals surface area contributed by atoms with Crippen LogP contribution in [0.5, 0.6) is 0 Å². The minimum absolute atomic E-state index is 0.596. The zero-order valence-corrected chi connectivity index (χ0v) is 12.3. The van der Waals surface area contributed by atoms with E-state index in [0.717, 1.165) is 12.1 Å². The largest absolute Gasteiger partial charge is 0.313 e. The Labute approximate surface area is 114 Å². The van der Waals surface area contributed by atoms with Crippen molar-refractivity contribution < 1.29 is 0 Å². The van der Waals surface area contributed by atoms with Gasteiger partial charge in [0.25, 0.3) is 0 Å². The standard InChI is InChI=1S/C15H24N2S/c1-11-5-8-15(18-11)12(2)17(14-6-7-14)10-13-4-3-9-16-13/h5,8,12-14,16H,3-4,6-7,9-10H2,1-2H3. The fraction of sp³-hybridized carbons (Fsp3) is 0.733. The van der Waals surface area contributed by atoms with Gasteiger partial charge in [-0.2, -0.15) is 0 Å². The lowest BCUT2D eigenvalue weighted by molar-refractivity contribution is 0.184. The number of thiophene rings is 1. The van der Waals surface area contributed by atoms with Gasteiger partial charge in [0.05, 0.1) is 0 Å². The number of nitrogens with one attached hydrogen (secondary N) is 1. The molecule has 2 aliphatic rings. The molecule has 3 rings (SSSR count). The lowest BCUT2D eigenvalue weighted by Gasteiger charge is -2.31. The summed E-state index contributed by atoms with van der Waals surface area (Å²) >= 11 is 1.97. The molecule has 1 N–H and O–H groups in total. The molecule has 18 heavy (non-hydrogen) atoms. The number of rotatable bonds is 5. The summed E-state index contributed by atoms with van der Waals surface area (Å²) in [7, 11) is 0. The summed E-state index contributed by atoms with van der Waals surface area (Å²) in [5.74, 6) is 0. The van der Waals surface area contributed by atoms with Gasteiger partial charge in [0.1, 0.15) is 0 Å². The molecule has 0 aromatic carbocycles. The van der Waals surface area contributed by atoms with Crippen LogP contribution in [0.25, 0.3) is 0 Å². The van der Waals surface area contributed by atoms with Crippen LogP contribution in [0.4, 0.5) is 0 Å². The molecule has 0 radical (unpaired) electrons. The third kappa shape index (κ3) is 2.79. The van der Waals surface area contributed by atoms with Crippen molar-refractivity contribution in [3.63, 3.8) is 0 Å². The van der Waals surface area contributed by atoms with E-state index >= 15 is 0 Å². The SMILES string of the molecule is Cc1ccc(C(C)N(CC2CCCN2)C2CC2)s1. The minimum Gasteiger partial charge on any atom is -0.313 e. The zero-order chi connectivity index (χ0) is 12.5. The summed E-state index contributed by atoms with van der Waals surface area (Å²) in [5.41, 5.74) is 0. The van der Waals surface area contributed by atoms with Gasteiger partial charge in [-0.25, -0.2) is 0 Å². The van der Waals surface area contributed by atoms with Crippen LogP contribution in [0.3, 0.4) is 0 Å². The highest BCUT2D eigenvalue weighted by molar-refractivity contribution is 7.12. The Morgan fingerprint density at radius 2 is 2.22 bits per heavy atom. The highest BCUT2D eigenvalue weighted by Gasteiger charge is 2.34. The minimum atomic E-state index is 0.596. The second-order valence-electron chi connectivity index (χ2n) is 5.85. The van der Waals surface area contributed by atoms with E-state index < -0.39 is 0 Å². The molecule has 1 aliphatic heterocycles. The molecule has 1 aromatic rings. The third-order valence-corrected chi connectivity index (χ3v) is 5.45. The number of hydrogen-bond donors (Lipinski definition) is 1. The first-order chi connectivity index (χ1) is 8.74. The Morgan fingerprint density at radius 3 is 2.78 bits per heavy atom. The number of aryl methyl sites for hydroxylation is 1. The van der Waals surface area contributed by atoms with E-state index in [4.69, 9.17) is 0 Å². The first kappa shape index (κ1) is 12.6. The van der Waals surface area contributed by atoms with Crippen LogP contribution in [0.15, 0.2) is 12.1 Å². The Kier molecular flexibility index (Phi) is 3.73. The molecule has 0 bridgehead atoms. The van der Waals surface area contributed by atoms with Crippen molar-refractivity contribution in [3.8, 4) is 0 Å². The molecule has 1 saturated carbocycles. The molecule has 2 heterocycles. The molecule has 2 fully saturated rings. The van der Waals surface area contributed by atoms with Gasteiger partial charge in [-0.1, -0.05) is 0 Å². The maximum absolute atomic E-state index is 3.64. The van der Waals surface area contributed by atoms with Crippen molar-refractivity contribution >= 4 is 11.3 Å². The summed E-state index contributed by atoms with van der Waals surface area (Å²) in [5, 5.41) is 3.64. The van der Waals surface area contributed by atoms with Crippen molar-refractivity contribution in [2.45, 2.75) is 57.7 Å². The lowest BCUT2D eigenvalue weighted by atomic mass is 10.1. The summed E-state index contributed by atoms with van der Waals surface area (Å²) in [4.78, 5) is 5.72. The van der Waals surface area contributed by atoms with E-state index in [1.54, 1.807) is 0 Å². The summed E-state index contributed by atoms with van der Waals surface area (Å²) in [6.07, 6.45) is 5.53. The maximum atomic E-state index is 3.64. The van der Waals surface area contributed by atoms with Gasteiger partial charge in [-0.05, 0) is 58.2 Å². The topological polar surface area (TPSA) is 15.3 Å². The second kappa shape index (κ2) is 5.32. The van der Waals surface area contributed by atoms with Gasteiger partial charge in [0, 0.05) is 34.4 Å². The first-order valence-corrected chi connectivity index (χ1v) is 8.11. The smallest absolute Gasteiger partial charge is 0.0416 e. The van der Waals surface area contributed by atoms with Gasteiger partial charge in [0.2, 0.25) is 0 Å². The van der Waals surface area contributed by atoms with Crippen LogP contribution in [0.2, 0.25) is 0 Å². The van der Waals surface area contributed by atoms with Crippen molar-refractivity contribution in [3.05, 3.63) is 21.9 Å². The van der Waals surface area contributed by atoms with Gasteiger partial charge in [-0.15, -0.1) is 11.3 Å². The Bertz CT molecular complexity index is 391. The molecule has 2 atom stereocenters. The predicted molar refractivity (Wildman–Crippen MR) is 78.2 cm³/mol. The van der Waals surface area contributed by atoms with Gasteiger partial charge in [0.15, 0.2) is 0 Å². The quantitative estimate of drug-likeness (QED) is 0.877. The van der Waals surface area contributed by atoms with Crippen molar-refractivity contribution in [2.24, 2.45) is 0 Å². The molecular formula is C15H24N2S. The molecule has 3 heteroatoms. The lowest BCUT2D eigenvalue weighted by Crippen LogP contribution is -2.40. The van der Waals surface area contributed by atoms with Crippen molar-refractivity contribution in [1.82, 2.24) is 10.2 Å². The highest BCUT2D eigenvalue weighted by Crippen LogP contribution is 2.36. The van der Waals surface area contributed by atoms with Crippen molar-refractivity contribution in [2.75, 3.05) is 13.1 Å². The average Bonchev–Trinajstić information content (AvgIpc) is 2.88. The maximum Gasteiger partial charge on any atom is 0.0416 e. The fourth-order valence-corrected chi connectivity index (χ4v) is 3.99. The summed E-state index contributed by atoms with van der Waals surface area (Å²) in [6.45, 7) is 7.05. The molecule has 0 amide bonds. The summed E-state index contributed by atoms with van der Waals surface area (Å²) < 4.78 is 0. The molecule has 2 nitrogen and oxygen atoms in total. The van der Waals surface area contributed by atoms with Crippen LogP contribution in [-0.4, -0.2) is 30.1 Å². The number of nitrogens with zero attached hydrogens (tertiary/aromatic N) is 1. The number of hydrogen-bond acceptors (Lipinski definition) is 3. The third-order valence-electron chi connectivity index (χ3n) is 4.28. The van der Waals surface area contributed by atoms with Crippen LogP contribution >= 0.6 is 11.3 Å². The van der Waals surface area contributed by atoms with Crippen molar-refractivity contribution in [1.29, 1.82) is 0 Å². The zero-order valence-electron chi connectivity index (χ0n) is 11.5. The molecular weight excluding hydrogens is 240 g/mol. The van der Waals surface area contributed by atoms with E-state index in [1.165, 1.54) is 48.5 Å². The Hall–Kier alpha value is -0.380. The monoisotopic (exact) mass is 264 g/mol. The highest BCUT2D eigenvalue weighted by atomic mass is 32.1. The summed E-state index contributed by atoms with van der Waals surface area (Å²) in [6, 6.07) is 6.76. The van der Waals surface area contributed by atoms with Gasteiger partial charge >= 0.3 is 0 Å². The molecule has 0 spiro atoms. The molecule has 100 valence electrons. The normalized spacial score (nSPS) is 25.8. The second-order valence-corrected chi connectivity index (χ2v) is 7.17. The van der Waals surface area contributed by atoms with Gasteiger partial charge < -0.3 is 5.32 Å². The van der Waals surface area contributed by atoms with Crippen LogP contribution in [-0.2, 0) is 0 Å². The molecule has 2 unspecified atom stereocenters. The average molecular weight is 264 g/mol. The van der Waals surface area contributed by atoms with E-state index in [0.29, 0.717) is 6.04 Å².